The number of nitrogens with one attached hydrogen (secondary N) is 3. The minimum Gasteiger partial charge on any atom is -0.503 e. The van der Waals surface area contributed by atoms with E-state index < -0.39 is 50.4 Å². The number of aromatic hydroxyl groups is 3. The third kappa shape index (κ3) is 16.0. The van der Waals surface area contributed by atoms with Gasteiger partial charge in [0.1, 0.15) is 0 Å². The van der Waals surface area contributed by atoms with Gasteiger partial charge in [0, 0.05) is 63.9 Å². The van der Waals surface area contributed by atoms with Gasteiger partial charge in [0.15, 0.2) is 34.7 Å². The highest BCUT2D eigenvalue weighted by atomic mass is 79.9. The highest BCUT2D eigenvalue weighted by Crippen LogP contribution is 2.37. The molecule has 9 nitrogen and oxygen atoms in total. The third-order valence-electron chi connectivity index (χ3n) is 11.0. The van der Waals surface area contributed by atoms with Crippen LogP contribution in [0.25, 0.3) is 0 Å². The summed E-state index contributed by atoms with van der Waals surface area (Å²) >= 11 is 21.3. The molecular weight excluding hydrogens is 1220 g/mol. The lowest BCUT2D eigenvalue weighted by atomic mass is 10.2. The van der Waals surface area contributed by atoms with Gasteiger partial charge < -0.3 is 37.0 Å². The monoisotopic (exact) mass is 1260 g/mol. The average Bonchev–Trinajstić information content (AvgIpc) is 3.41. The molecule has 0 fully saturated rings. The van der Waals surface area contributed by atoms with Gasteiger partial charge in [0.05, 0.1) is 26.9 Å². The van der Waals surface area contributed by atoms with E-state index in [0.29, 0.717) is 49.0 Å². The van der Waals surface area contributed by atoms with Crippen molar-refractivity contribution in [2.24, 2.45) is 0 Å². The number of hydrogen-bond acceptors (Lipinski definition) is 11. The lowest BCUT2D eigenvalue weighted by Gasteiger charge is -2.14. The van der Waals surface area contributed by atoms with Gasteiger partial charge in [-0.3, -0.25) is 0 Å². The molecule has 0 aliphatic carbocycles. The molecule has 9 aromatic carbocycles. The van der Waals surface area contributed by atoms with Crippen LogP contribution in [0.5, 0.6) is 17.2 Å². The first-order chi connectivity index (χ1) is 36.9. The normalized spacial score (nSPS) is 10.9. The Kier molecular flexibility index (Phi) is 20.5. The second kappa shape index (κ2) is 27.2. The predicted molar refractivity (Wildman–Crippen MR) is 308 cm³/mol. The molecule has 77 heavy (non-hydrogen) atoms. The largest absolute Gasteiger partial charge is 0.503 e. The highest BCUT2D eigenvalue weighted by Gasteiger charge is 2.22. The summed E-state index contributed by atoms with van der Waals surface area (Å²) in [6.07, 6.45) is 0. The van der Waals surface area contributed by atoms with Gasteiger partial charge in [-0.2, -0.15) is 4.39 Å². The molecule has 396 valence electrons. The summed E-state index contributed by atoms with van der Waals surface area (Å²) in [7, 11) is -3.76. The summed E-state index contributed by atoms with van der Waals surface area (Å²) in [5, 5.41) is 39.4. The quantitative estimate of drug-likeness (QED) is 0.0298. The van der Waals surface area contributed by atoms with Crippen molar-refractivity contribution in [2.45, 2.75) is 49.0 Å². The van der Waals surface area contributed by atoms with E-state index >= 15 is 0 Å². The lowest BCUT2D eigenvalue weighted by Crippen LogP contribution is -2.09. The smallest absolute Gasteiger partial charge is 0.206 e. The van der Waals surface area contributed by atoms with Crippen LogP contribution >= 0.6 is 78.6 Å². The molecule has 20 heteroatoms. The van der Waals surface area contributed by atoms with Crippen LogP contribution in [0, 0.1) is 23.3 Å². The molecule has 0 bridgehead atoms. The second-order valence-electron chi connectivity index (χ2n) is 16.4. The molecule has 9 aromatic rings. The third-order valence-corrected chi connectivity index (χ3v) is 16.5. The molecule has 0 amide bonds. The molecule has 0 saturated heterocycles. The number of phenolic OH excluding ortho intramolecular Hbond substituents is 3. The first kappa shape index (κ1) is 58.2. The highest BCUT2D eigenvalue weighted by molar-refractivity contribution is 9.10. The maximum Gasteiger partial charge on any atom is 0.206 e. The number of halogens is 8. The summed E-state index contributed by atoms with van der Waals surface area (Å²) in [6.45, 7) is 0.839. The Balaban J connectivity index is 0.000000168. The maximum absolute atomic E-state index is 13.7. The van der Waals surface area contributed by atoms with Crippen LogP contribution in [0.2, 0.25) is 10.0 Å². The zero-order chi connectivity index (χ0) is 55.2. The van der Waals surface area contributed by atoms with Crippen molar-refractivity contribution < 1.29 is 41.3 Å². The topological polar surface area (TPSA) is 157 Å². The molecular formula is C57H44Br2Cl2F4N4O5S3. The number of anilines is 4. The molecule has 0 spiro atoms. The molecule has 0 aliphatic heterocycles. The fourth-order valence-electron chi connectivity index (χ4n) is 7.14. The van der Waals surface area contributed by atoms with Gasteiger partial charge in [0.2, 0.25) is 15.7 Å². The van der Waals surface area contributed by atoms with Crippen LogP contribution in [0.1, 0.15) is 16.7 Å². The van der Waals surface area contributed by atoms with E-state index in [1.165, 1.54) is 48.5 Å². The summed E-state index contributed by atoms with van der Waals surface area (Å²) in [5.74, 6) is -5.44. The fourth-order valence-corrected chi connectivity index (χ4v) is 11.6. The Bertz CT molecular complexity index is 3620. The molecule has 0 aromatic heterocycles. The Morgan fingerprint density at radius 1 is 0.481 bits per heavy atom. The van der Waals surface area contributed by atoms with Gasteiger partial charge in [-0.25, -0.2) is 21.6 Å². The zero-order valence-corrected chi connectivity index (χ0v) is 47.1. The summed E-state index contributed by atoms with van der Waals surface area (Å²) < 4.78 is 80.7. The van der Waals surface area contributed by atoms with E-state index in [1.54, 1.807) is 47.8 Å². The molecule has 0 heterocycles. The van der Waals surface area contributed by atoms with Gasteiger partial charge in [-0.15, -0.1) is 0 Å². The number of sulfone groups is 1. The standard InChI is InChI=1S/C19H15BrClFN2OS.C19H14BrClFNO3S.C19H15F2NOS/c20-12-8-16(22)19(25)17(9-12)24-10-11-7-14(23)3-6-18(11)26-15-4-1-13(21)2-5-15;20-13-9-16(22)19(24)17(10-13)23-11-12-3-1-2-4-18(12)27(25,26)15-7-5-14(21)6-8-15;20-15-10-11-16(19(23)18(15)21)22-12-13-6-4-5-9-17(13)24-14-7-2-1-3-8-14/h1-9,24-25H,10,23H2;1-10,23-24H,11H2;1-11,22-23H,12H2. The van der Waals surface area contributed by atoms with E-state index in [9.17, 15) is 41.3 Å². The number of hydrogen-bond donors (Lipinski definition) is 7. The van der Waals surface area contributed by atoms with Crippen molar-refractivity contribution in [3.8, 4) is 17.2 Å². The van der Waals surface area contributed by atoms with Crippen molar-refractivity contribution >= 4 is 111 Å². The summed E-state index contributed by atoms with van der Waals surface area (Å²) in [4.78, 5) is 4.45. The van der Waals surface area contributed by atoms with Gasteiger partial charge in [-0.05, 0) is 144 Å². The van der Waals surface area contributed by atoms with E-state index in [-0.39, 0.29) is 27.7 Å². The number of nitrogens with two attached hydrogens (primary N) is 1. The maximum atomic E-state index is 13.7. The SMILES string of the molecule is Nc1ccc(Sc2ccc(Cl)cc2)c(CNc2cc(Br)cc(F)c2O)c1.O=S(=O)(c1ccc(Cl)cc1)c1ccccc1CNc1cc(Br)cc(F)c1O.Oc1c(NCc2ccccc2Sc2ccccc2)ccc(F)c1F. The first-order valence-corrected chi connectivity index (χ1v) is 28.3. The van der Waals surface area contributed by atoms with E-state index in [4.69, 9.17) is 28.9 Å². The minimum absolute atomic E-state index is 0.0758. The Morgan fingerprint density at radius 2 is 0.961 bits per heavy atom. The molecule has 0 saturated carbocycles. The van der Waals surface area contributed by atoms with Crippen LogP contribution in [0.4, 0.5) is 40.3 Å². The van der Waals surface area contributed by atoms with E-state index in [0.717, 1.165) is 42.8 Å². The van der Waals surface area contributed by atoms with Crippen molar-refractivity contribution in [3.05, 3.63) is 241 Å². The molecule has 0 atom stereocenters. The molecule has 8 N–H and O–H groups in total. The molecule has 9 rings (SSSR count). The molecule has 0 radical (unpaired) electrons. The van der Waals surface area contributed by atoms with Crippen molar-refractivity contribution in [1.29, 1.82) is 0 Å². The zero-order valence-electron chi connectivity index (χ0n) is 39.9. The fraction of sp³-hybridized carbons (Fsp3) is 0.0526. The average molecular weight is 1270 g/mol. The second-order valence-corrected chi connectivity index (χ2v) is 23.2. The molecule has 0 unspecified atom stereocenters. The van der Waals surface area contributed by atoms with Gasteiger partial charge in [0.25, 0.3) is 0 Å². The van der Waals surface area contributed by atoms with Crippen LogP contribution in [-0.2, 0) is 29.5 Å². The number of rotatable bonds is 15. The Morgan fingerprint density at radius 3 is 1.57 bits per heavy atom. The molecule has 0 aliphatic rings. The lowest BCUT2D eigenvalue weighted by molar-refractivity contribution is 0.409. The first-order valence-electron chi connectivity index (χ1n) is 22.8. The van der Waals surface area contributed by atoms with Crippen molar-refractivity contribution in [1.82, 2.24) is 0 Å². The Labute approximate surface area is 477 Å². The van der Waals surface area contributed by atoms with E-state index in [2.05, 4.69) is 47.8 Å². The van der Waals surface area contributed by atoms with E-state index in [1.807, 2.05) is 97.1 Å². The van der Waals surface area contributed by atoms with Gasteiger partial charge in [-0.1, -0.05) is 133 Å². The van der Waals surface area contributed by atoms with Crippen LogP contribution in [0.15, 0.2) is 220 Å². The van der Waals surface area contributed by atoms with Crippen molar-refractivity contribution in [2.75, 3.05) is 21.7 Å². The summed E-state index contributed by atoms with van der Waals surface area (Å²) in [6, 6.07) is 51.1. The number of benzene rings is 9. The van der Waals surface area contributed by atoms with Crippen molar-refractivity contribution in [3.63, 3.8) is 0 Å². The minimum atomic E-state index is -3.76. The van der Waals surface area contributed by atoms with Crippen LogP contribution in [0.3, 0.4) is 0 Å². The number of phenols is 3. The Hall–Kier alpha value is -6.51. The van der Waals surface area contributed by atoms with Crippen LogP contribution < -0.4 is 21.7 Å². The predicted octanol–water partition coefficient (Wildman–Crippen LogP) is 17.1. The van der Waals surface area contributed by atoms with Gasteiger partial charge >= 0.3 is 0 Å². The van der Waals surface area contributed by atoms with Crippen LogP contribution in [-0.4, -0.2) is 23.7 Å². The number of nitrogen functional groups attached to an aromatic ring is 1. The summed E-state index contributed by atoms with van der Waals surface area (Å²) in [5.41, 5.74) is 9.58.